The highest BCUT2D eigenvalue weighted by atomic mass is 35.5. The van der Waals surface area contributed by atoms with E-state index in [0.717, 1.165) is 0 Å². The van der Waals surface area contributed by atoms with Gasteiger partial charge >= 0.3 is 0 Å². The summed E-state index contributed by atoms with van der Waals surface area (Å²) in [6.07, 6.45) is 1.49. The van der Waals surface area contributed by atoms with E-state index in [1.165, 1.54) is 11.5 Å². The summed E-state index contributed by atoms with van der Waals surface area (Å²) in [6.45, 7) is 0. The molecule has 110 valence electrons. The third-order valence-electron chi connectivity index (χ3n) is 2.69. The fourth-order valence-electron chi connectivity index (χ4n) is 1.66. The molecular weight excluding hydrogens is 351 g/mol. The second-order valence-corrected chi connectivity index (χ2v) is 7.55. The van der Waals surface area contributed by atoms with Crippen LogP contribution in [0.15, 0.2) is 47.9 Å². The fraction of sp³-hybridized carbons (Fsp3) is 0.0667. The van der Waals surface area contributed by atoms with E-state index in [2.05, 4.69) is 0 Å². The largest absolute Gasteiger partial charge is 0.224 e. The zero-order chi connectivity index (χ0) is 15.5. The van der Waals surface area contributed by atoms with Crippen molar-refractivity contribution in [2.75, 3.05) is 0 Å². The summed E-state index contributed by atoms with van der Waals surface area (Å²) < 4.78 is 24.1. The summed E-state index contributed by atoms with van der Waals surface area (Å²) in [5.74, 6) is -0.0814. The second kappa shape index (κ2) is 6.84. The van der Waals surface area contributed by atoms with Crippen molar-refractivity contribution in [3.8, 4) is 0 Å². The molecule has 0 N–H and O–H groups in total. The molecule has 0 radical (unpaired) electrons. The van der Waals surface area contributed by atoms with E-state index in [0.29, 0.717) is 26.2 Å². The van der Waals surface area contributed by atoms with Gasteiger partial charge in [-0.15, -0.1) is 0 Å². The normalized spacial score (nSPS) is 12.0. The number of benzene rings is 2. The summed E-state index contributed by atoms with van der Waals surface area (Å²) in [4.78, 5) is 0. The van der Waals surface area contributed by atoms with Gasteiger partial charge in [0, 0.05) is 10.4 Å². The summed E-state index contributed by atoms with van der Waals surface area (Å²) in [6, 6.07) is 11.6. The summed E-state index contributed by atoms with van der Waals surface area (Å²) in [5.41, 5.74) is 1.35. The molecule has 2 nitrogen and oxygen atoms in total. The molecule has 0 aliphatic rings. The average molecular weight is 362 g/mol. The Labute approximate surface area is 138 Å². The van der Waals surface area contributed by atoms with E-state index in [-0.39, 0.29) is 5.75 Å². The Balaban J connectivity index is 2.14. The van der Waals surface area contributed by atoms with Crippen LogP contribution in [0.3, 0.4) is 0 Å². The molecule has 2 aromatic carbocycles. The Kier molecular flexibility index (Phi) is 5.33. The van der Waals surface area contributed by atoms with Crippen molar-refractivity contribution >= 4 is 50.7 Å². The van der Waals surface area contributed by atoms with Crippen molar-refractivity contribution in [3.05, 3.63) is 74.1 Å². The SMILES string of the molecule is O=S(=O)(/C=C/c1ccc(Cl)c(Cl)c1)Cc1ccc(Cl)cc1. The molecule has 0 aromatic heterocycles. The molecule has 0 atom stereocenters. The summed E-state index contributed by atoms with van der Waals surface area (Å²) in [7, 11) is -3.37. The van der Waals surface area contributed by atoms with Crippen LogP contribution in [0.2, 0.25) is 15.1 Å². The quantitative estimate of drug-likeness (QED) is 0.747. The zero-order valence-corrected chi connectivity index (χ0v) is 13.8. The van der Waals surface area contributed by atoms with Crippen molar-refractivity contribution in [1.82, 2.24) is 0 Å². The standard InChI is InChI=1S/C15H11Cl3O2S/c16-13-4-1-12(2-5-13)10-21(19,20)8-7-11-3-6-14(17)15(18)9-11/h1-9H,10H2/b8-7+. The highest BCUT2D eigenvalue weighted by molar-refractivity contribution is 7.93. The number of halogens is 3. The van der Waals surface area contributed by atoms with Crippen LogP contribution < -0.4 is 0 Å². The highest BCUT2D eigenvalue weighted by Crippen LogP contribution is 2.23. The van der Waals surface area contributed by atoms with Gasteiger partial charge in [0.15, 0.2) is 9.84 Å². The monoisotopic (exact) mass is 360 g/mol. The number of hydrogen-bond donors (Lipinski definition) is 0. The Bertz CT molecular complexity index is 766. The minimum absolute atomic E-state index is 0.0814. The van der Waals surface area contributed by atoms with Gasteiger partial charge in [0.1, 0.15) is 0 Å². The van der Waals surface area contributed by atoms with Gasteiger partial charge in [-0.25, -0.2) is 8.42 Å². The van der Waals surface area contributed by atoms with Crippen LogP contribution in [-0.4, -0.2) is 8.42 Å². The molecular formula is C15H11Cl3O2S. The Morgan fingerprint density at radius 2 is 1.57 bits per heavy atom. The molecule has 2 aromatic rings. The van der Waals surface area contributed by atoms with Crippen molar-refractivity contribution in [2.24, 2.45) is 0 Å². The van der Waals surface area contributed by atoms with Gasteiger partial charge in [0.05, 0.1) is 15.8 Å². The van der Waals surface area contributed by atoms with Crippen molar-refractivity contribution in [3.63, 3.8) is 0 Å². The third-order valence-corrected chi connectivity index (χ3v) is 4.97. The lowest BCUT2D eigenvalue weighted by molar-refractivity contribution is 0.604. The minimum Gasteiger partial charge on any atom is -0.224 e. The molecule has 6 heteroatoms. The van der Waals surface area contributed by atoms with Gasteiger partial charge < -0.3 is 0 Å². The van der Waals surface area contributed by atoms with E-state index in [9.17, 15) is 8.42 Å². The van der Waals surface area contributed by atoms with Crippen molar-refractivity contribution in [1.29, 1.82) is 0 Å². The van der Waals surface area contributed by atoms with Gasteiger partial charge in [-0.2, -0.15) is 0 Å². The molecule has 2 rings (SSSR count). The highest BCUT2D eigenvalue weighted by Gasteiger charge is 2.08. The van der Waals surface area contributed by atoms with Crippen LogP contribution in [0.1, 0.15) is 11.1 Å². The second-order valence-electron chi connectivity index (χ2n) is 4.41. The molecule has 0 spiro atoms. The maximum Gasteiger partial charge on any atom is 0.175 e. The molecule has 0 saturated heterocycles. The van der Waals surface area contributed by atoms with Crippen LogP contribution in [-0.2, 0) is 15.6 Å². The molecule has 0 saturated carbocycles. The number of sulfone groups is 1. The number of hydrogen-bond acceptors (Lipinski definition) is 2. The lowest BCUT2D eigenvalue weighted by Gasteiger charge is -2.01. The third kappa shape index (κ3) is 5.04. The maximum absolute atomic E-state index is 12.0. The molecule has 0 heterocycles. The summed E-state index contributed by atoms with van der Waals surface area (Å²) >= 11 is 17.5. The fourth-order valence-corrected chi connectivity index (χ4v) is 3.21. The van der Waals surface area contributed by atoms with Crippen molar-refractivity contribution < 1.29 is 8.42 Å². The molecule has 21 heavy (non-hydrogen) atoms. The first-order chi connectivity index (χ1) is 9.85. The van der Waals surface area contributed by atoms with Crippen molar-refractivity contribution in [2.45, 2.75) is 5.75 Å². The Morgan fingerprint density at radius 1 is 0.905 bits per heavy atom. The molecule has 0 fully saturated rings. The molecule has 0 bridgehead atoms. The smallest absolute Gasteiger partial charge is 0.175 e. The lowest BCUT2D eigenvalue weighted by atomic mass is 10.2. The average Bonchev–Trinajstić information content (AvgIpc) is 2.43. The Morgan fingerprint density at radius 3 is 2.19 bits per heavy atom. The van der Waals surface area contributed by atoms with Crippen LogP contribution in [0.5, 0.6) is 0 Å². The first kappa shape index (κ1) is 16.4. The Hall–Kier alpha value is -1.00. The predicted octanol–water partition coefficient (Wildman–Crippen LogP) is 5.23. The lowest BCUT2D eigenvalue weighted by Crippen LogP contribution is -1.99. The summed E-state index contributed by atoms with van der Waals surface area (Å²) in [5, 5.41) is 2.55. The first-order valence-electron chi connectivity index (χ1n) is 5.96. The van der Waals surface area contributed by atoms with Gasteiger partial charge in [-0.3, -0.25) is 0 Å². The van der Waals surface area contributed by atoms with E-state index in [4.69, 9.17) is 34.8 Å². The zero-order valence-electron chi connectivity index (χ0n) is 10.8. The van der Waals surface area contributed by atoms with E-state index in [1.54, 1.807) is 42.5 Å². The van der Waals surface area contributed by atoms with Gasteiger partial charge in [0.25, 0.3) is 0 Å². The number of rotatable bonds is 4. The van der Waals surface area contributed by atoms with Gasteiger partial charge in [-0.1, -0.05) is 53.0 Å². The van der Waals surface area contributed by atoms with Crippen LogP contribution in [0, 0.1) is 0 Å². The first-order valence-corrected chi connectivity index (χ1v) is 8.81. The predicted molar refractivity (Wildman–Crippen MR) is 89.6 cm³/mol. The van der Waals surface area contributed by atoms with E-state index < -0.39 is 9.84 Å². The molecule has 0 amide bonds. The van der Waals surface area contributed by atoms with Gasteiger partial charge in [-0.05, 0) is 41.5 Å². The topological polar surface area (TPSA) is 34.1 Å². The van der Waals surface area contributed by atoms with Crippen LogP contribution >= 0.6 is 34.8 Å². The van der Waals surface area contributed by atoms with E-state index >= 15 is 0 Å². The minimum atomic E-state index is -3.37. The maximum atomic E-state index is 12.0. The van der Waals surface area contributed by atoms with Gasteiger partial charge in [0.2, 0.25) is 0 Å². The van der Waals surface area contributed by atoms with Crippen LogP contribution in [0.4, 0.5) is 0 Å². The molecule has 0 aliphatic heterocycles. The molecule has 0 unspecified atom stereocenters. The van der Waals surface area contributed by atoms with E-state index in [1.807, 2.05) is 0 Å². The molecule has 0 aliphatic carbocycles. The van der Waals surface area contributed by atoms with Crippen LogP contribution in [0.25, 0.3) is 6.08 Å².